The summed E-state index contributed by atoms with van der Waals surface area (Å²) < 4.78 is 10.3. The lowest BCUT2D eigenvalue weighted by Crippen LogP contribution is -2.58. The predicted molar refractivity (Wildman–Crippen MR) is 115 cm³/mol. The van der Waals surface area contributed by atoms with Crippen molar-refractivity contribution in [2.24, 2.45) is 0 Å². The molecule has 2 amide bonds. The minimum Gasteiger partial charge on any atom is -0.467 e. The van der Waals surface area contributed by atoms with E-state index in [1.165, 1.54) is 16.9 Å². The van der Waals surface area contributed by atoms with Crippen LogP contribution in [0, 0.1) is 0 Å². The Kier molecular flexibility index (Phi) is 6.95. The molecule has 164 valence electrons. The maximum absolute atomic E-state index is 13.1. The summed E-state index contributed by atoms with van der Waals surface area (Å²) in [6.07, 6.45) is 0.0628. The number of benzene rings is 2. The van der Waals surface area contributed by atoms with Gasteiger partial charge in [0.15, 0.2) is 0 Å². The van der Waals surface area contributed by atoms with Crippen molar-refractivity contribution in [1.82, 2.24) is 9.80 Å². The molecule has 1 fully saturated rings. The summed E-state index contributed by atoms with van der Waals surface area (Å²) in [5.41, 5.74) is 0.725. The molecule has 2 aromatic rings. The van der Waals surface area contributed by atoms with Crippen LogP contribution in [-0.4, -0.2) is 54.5 Å². The zero-order valence-corrected chi connectivity index (χ0v) is 18.1. The smallest absolute Gasteiger partial charge is 0.410 e. The molecular weight excluding hydrogens is 396 g/mol. The number of hydrogen-bond acceptors (Lipinski definition) is 5. The van der Waals surface area contributed by atoms with Crippen LogP contribution in [0.1, 0.15) is 30.9 Å². The molecule has 0 radical (unpaired) electrons. The molecule has 0 aromatic heterocycles. The molecule has 2 atom stereocenters. The molecule has 3 rings (SSSR count). The summed E-state index contributed by atoms with van der Waals surface area (Å²) >= 11 is 0. The summed E-state index contributed by atoms with van der Waals surface area (Å²) in [5, 5.41) is 0. The van der Waals surface area contributed by atoms with Gasteiger partial charge in [0.25, 0.3) is 0 Å². The number of carbonyl (C=O) groups is 3. The van der Waals surface area contributed by atoms with Crippen molar-refractivity contribution in [3.8, 4) is 0 Å². The van der Waals surface area contributed by atoms with Crippen LogP contribution in [-0.2, 0) is 31.2 Å². The van der Waals surface area contributed by atoms with E-state index in [9.17, 15) is 14.4 Å². The van der Waals surface area contributed by atoms with E-state index in [2.05, 4.69) is 0 Å². The fourth-order valence-corrected chi connectivity index (χ4v) is 3.69. The summed E-state index contributed by atoms with van der Waals surface area (Å²) in [5.74, 6) is -0.632. The average molecular weight is 424 g/mol. The lowest BCUT2D eigenvalue weighted by molar-refractivity contribution is -0.160. The molecule has 7 heteroatoms. The summed E-state index contributed by atoms with van der Waals surface area (Å²) in [6, 6.07) is 18.2. The van der Waals surface area contributed by atoms with Gasteiger partial charge in [-0.3, -0.25) is 4.79 Å². The topological polar surface area (TPSA) is 76.2 Å². The van der Waals surface area contributed by atoms with Crippen LogP contribution in [0.25, 0.3) is 0 Å². The van der Waals surface area contributed by atoms with Crippen LogP contribution in [0.15, 0.2) is 60.7 Å². The second kappa shape index (κ2) is 9.64. The SMILES string of the molecule is COC(=O)C1CCN1C(=O)CC(C)(c1ccccc1)N(C)C(=O)OCc1ccccc1. The van der Waals surface area contributed by atoms with Crippen molar-refractivity contribution in [2.75, 3.05) is 20.7 Å². The van der Waals surface area contributed by atoms with Gasteiger partial charge in [0.1, 0.15) is 12.6 Å². The molecule has 1 saturated heterocycles. The number of likely N-dealkylation sites (tertiary alicyclic amines) is 1. The zero-order chi connectivity index (χ0) is 22.4. The second-order valence-electron chi connectivity index (χ2n) is 7.83. The Bertz CT molecular complexity index is 918. The van der Waals surface area contributed by atoms with Gasteiger partial charge in [-0.1, -0.05) is 60.7 Å². The molecule has 31 heavy (non-hydrogen) atoms. The van der Waals surface area contributed by atoms with Crippen LogP contribution in [0.3, 0.4) is 0 Å². The molecule has 7 nitrogen and oxygen atoms in total. The Labute approximate surface area is 182 Å². The molecular formula is C24H28N2O5. The first kappa shape index (κ1) is 22.3. The van der Waals surface area contributed by atoms with Crippen molar-refractivity contribution in [3.63, 3.8) is 0 Å². The van der Waals surface area contributed by atoms with Crippen molar-refractivity contribution >= 4 is 18.0 Å². The molecule has 1 aliphatic rings. The quantitative estimate of drug-likeness (QED) is 0.637. The molecule has 2 unspecified atom stereocenters. The zero-order valence-electron chi connectivity index (χ0n) is 18.1. The molecule has 0 bridgehead atoms. The lowest BCUT2D eigenvalue weighted by Gasteiger charge is -2.43. The number of methoxy groups -OCH3 is 1. The largest absolute Gasteiger partial charge is 0.467 e. The first-order valence-corrected chi connectivity index (χ1v) is 10.2. The van der Waals surface area contributed by atoms with Gasteiger partial charge in [0.05, 0.1) is 19.1 Å². The third-order valence-electron chi connectivity index (χ3n) is 5.92. The number of ether oxygens (including phenoxy) is 2. The average Bonchev–Trinajstić information content (AvgIpc) is 2.77. The van der Waals surface area contributed by atoms with E-state index in [0.717, 1.165) is 11.1 Å². The van der Waals surface area contributed by atoms with Crippen molar-refractivity contribution in [1.29, 1.82) is 0 Å². The summed E-state index contributed by atoms with van der Waals surface area (Å²) in [7, 11) is 2.94. The van der Waals surface area contributed by atoms with E-state index in [0.29, 0.717) is 13.0 Å². The molecule has 2 aromatic carbocycles. The van der Waals surface area contributed by atoms with Gasteiger partial charge in [0, 0.05) is 13.6 Å². The van der Waals surface area contributed by atoms with E-state index in [4.69, 9.17) is 9.47 Å². The van der Waals surface area contributed by atoms with Crippen molar-refractivity contribution < 1.29 is 23.9 Å². The maximum Gasteiger partial charge on any atom is 0.410 e. The van der Waals surface area contributed by atoms with Crippen LogP contribution in [0.4, 0.5) is 4.79 Å². The molecule has 0 spiro atoms. The number of amides is 2. The number of nitrogens with zero attached hydrogens (tertiary/aromatic N) is 2. The molecule has 0 N–H and O–H groups in total. The van der Waals surface area contributed by atoms with Crippen LogP contribution >= 0.6 is 0 Å². The first-order valence-electron chi connectivity index (χ1n) is 10.2. The van der Waals surface area contributed by atoms with E-state index in [1.807, 2.05) is 67.6 Å². The monoisotopic (exact) mass is 424 g/mol. The third-order valence-corrected chi connectivity index (χ3v) is 5.92. The van der Waals surface area contributed by atoms with Gasteiger partial charge in [-0.15, -0.1) is 0 Å². The molecule has 0 saturated carbocycles. The Morgan fingerprint density at radius 2 is 1.68 bits per heavy atom. The standard InChI is InChI=1S/C24H28N2O5/c1-24(19-12-8-5-9-13-19,16-21(27)26-15-14-20(26)22(28)30-3)25(2)23(29)31-17-18-10-6-4-7-11-18/h4-13,20H,14-17H2,1-3H3. The number of hydrogen-bond donors (Lipinski definition) is 0. The Balaban J connectivity index is 1.77. The lowest BCUT2D eigenvalue weighted by atomic mass is 9.85. The van der Waals surface area contributed by atoms with Gasteiger partial charge in [-0.25, -0.2) is 9.59 Å². The van der Waals surface area contributed by atoms with E-state index >= 15 is 0 Å². The van der Waals surface area contributed by atoms with Crippen LogP contribution < -0.4 is 0 Å². The number of carbonyl (C=O) groups excluding carboxylic acids is 3. The fraction of sp³-hybridized carbons (Fsp3) is 0.375. The van der Waals surface area contributed by atoms with Gasteiger partial charge >= 0.3 is 12.1 Å². The van der Waals surface area contributed by atoms with Crippen LogP contribution in [0.5, 0.6) is 0 Å². The van der Waals surface area contributed by atoms with Crippen LogP contribution in [0.2, 0.25) is 0 Å². The van der Waals surface area contributed by atoms with Gasteiger partial charge in [-0.2, -0.15) is 0 Å². The molecule has 1 heterocycles. The summed E-state index contributed by atoms with van der Waals surface area (Å²) in [4.78, 5) is 40.9. The highest BCUT2D eigenvalue weighted by Gasteiger charge is 2.44. The number of rotatable bonds is 7. The number of esters is 1. The second-order valence-corrected chi connectivity index (χ2v) is 7.83. The normalized spacial score (nSPS) is 17.1. The van der Waals surface area contributed by atoms with E-state index < -0.39 is 23.6 Å². The van der Waals surface area contributed by atoms with Gasteiger partial charge in [0.2, 0.25) is 5.91 Å². The van der Waals surface area contributed by atoms with Crippen molar-refractivity contribution in [3.05, 3.63) is 71.8 Å². The Morgan fingerprint density at radius 3 is 2.23 bits per heavy atom. The highest BCUT2D eigenvalue weighted by Crippen LogP contribution is 2.34. The Morgan fingerprint density at radius 1 is 1.06 bits per heavy atom. The van der Waals surface area contributed by atoms with E-state index in [1.54, 1.807) is 7.05 Å². The molecule has 1 aliphatic heterocycles. The van der Waals surface area contributed by atoms with E-state index in [-0.39, 0.29) is 18.9 Å². The fourth-order valence-electron chi connectivity index (χ4n) is 3.69. The van der Waals surface area contributed by atoms with Crippen molar-refractivity contribution in [2.45, 2.75) is 38.0 Å². The minimum atomic E-state index is -0.956. The summed E-state index contributed by atoms with van der Waals surface area (Å²) in [6.45, 7) is 2.46. The maximum atomic E-state index is 13.1. The third kappa shape index (κ3) is 4.87. The van der Waals surface area contributed by atoms with Gasteiger partial charge < -0.3 is 19.3 Å². The first-order chi connectivity index (χ1) is 14.9. The highest BCUT2D eigenvalue weighted by molar-refractivity contribution is 5.87. The minimum absolute atomic E-state index is 0.0153. The molecule has 0 aliphatic carbocycles. The highest BCUT2D eigenvalue weighted by atomic mass is 16.6. The predicted octanol–water partition coefficient (Wildman–Crippen LogP) is 3.33. The Hall–Kier alpha value is -3.35. The van der Waals surface area contributed by atoms with Gasteiger partial charge in [-0.05, 0) is 24.5 Å².